The van der Waals surface area contributed by atoms with Crippen LogP contribution in [0.1, 0.15) is 27.7 Å². The Hall–Kier alpha value is -1.66. The monoisotopic (exact) mass is 262 g/mol. The van der Waals surface area contributed by atoms with Gasteiger partial charge in [0.1, 0.15) is 0 Å². The second-order valence-corrected chi connectivity index (χ2v) is 3.65. The average molecular weight is 262 g/mol. The van der Waals surface area contributed by atoms with Crippen LogP contribution in [0.5, 0.6) is 0 Å². The van der Waals surface area contributed by atoms with Gasteiger partial charge in [0.2, 0.25) is 0 Å². The fraction of sp³-hybridized carbons (Fsp3) is 0.500. The lowest BCUT2D eigenvalue weighted by atomic mass is 10.3. The van der Waals surface area contributed by atoms with E-state index >= 15 is 0 Å². The lowest BCUT2D eigenvalue weighted by molar-refractivity contribution is -0.133. The molecular weight excluding hydrogens is 240 g/mol. The van der Waals surface area contributed by atoms with Crippen molar-refractivity contribution < 1.29 is 30.0 Å². The van der Waals surface area contributed by atoms with Gasteiger partial charge in [-0.25, -0.2) is 9.59 Å². The number of carbonyl (C=O) groups is 2. The van der Waals surface area contributed by atoms with Crippen molar-refractivity contribution >= 4 is 11.9 Å². The molecule has 2 atom stereocenters. The fourth-order valence-corrected chi connectivity index (χ4v) is 0. The number of aliphatic carboxylic acids is 2. The van der Waals surface area contributed by atoms with Crippen molar-refractivity contribution in [2.75, 3.05) is 0 Å². The molecule has 0 aromatic carbocycles. The van der Waals surface area contributed by atoms with Crippen molar-refractivity contribution in [3.8, 4) is 0 Å². The Bertz CT molecular complexity index is 237. The lowest BCUT2D eigenvalue weighted by Crippen LogP contribution is -2.17. The van der Waals surface area contributed by atoms with Gasteiger partial charge in [0.25, 0.3) is 0 Å². The Kier molecular flexibility index (Phi) is 14.2. The maximum atomic E-state index is 9.60. The van der Waals surface area contributed by atoms with Crippen LogP contribution in [0.25, 0.3) is 0 Å². The maximum absolute atomic E-state index is 9.60. The number of aliphatic hydroxyl groups excluding tert-OH is 2. The van der Waals surface area contributed by atoms with Crippen molar-refractivity contribution in [2.45, 2.75) is 39.9 Å². The zero-order chi connectivity index (χ0) is 15.5. The van der Waals surface area contributed by atoms with Gasteiger partial charge in [-0.15, -0.1) is 0 Å². The zero-order valence-electron chi connectivity index (χ0n) is 11.2. The number of hydrogen-bond acceptors (Lipinski definition) is 4. The standard InChI is InChI=1S/C4H10O2.2C4H6O2/c1-3(5)4(2)6;2*1-3(2)4(5)6/h3-6H,1-2H3;2*1H2,2H3,(H,5,6). The summed E-state index contributed by atoms with van der Waals surface area (Å²) < 4.78 is 0. The van der Waals surface area contributed by atoms with Crippen molar-refractivity contribution in [1.82, 2.24) is 0 Å². The largest absolute Gasteiger partial charge is 0.478 e. The number of carboxylic acid groups (broad SMARTS) is 2. The van der Waals surface area contributed by atoms with E-state index in [9.17, 15) is 9.59 Å². The Balaban J connectivity index is -0.000000187. The summed E-state index contributed by atoms with van der Waals surface area (Å²) in [4.78, 5) is 19.2. The fourth-order valence-electron chi connectivity index (χ4n) is 0. The van der Waals surface area contributed by atoms with Crippen LogP contribution < -0.4 is 0 Å². The van der Waals surface area contributed by atoms with Crippen LogP contribution in [-0.4, -0.2) is 44.6 Å². The molecule has 0 amide bonds. The van der Waals surface area contributed by atoms with Gasteiger partial charge in [-0.3, -0.25) is 0 Å². The summed E-state index contributed by atoms with van der Waals surface area (Å²) in [6, 6.07) is 0. The summed E-state index contributed by atoms with van der Waals surface area (Å²) in [6.45, 7) is 12.3. The summed E-state index contributed by atoms with van der Waals surface area (Å²) in [6.07, 6.45) is -1.19. The topological polar surface area (TPSA) is 115 Å². The molecule has 0 aliphatic heterocycles. The Morgan fingerprint density at radius 2 is 0.944 bits per heavy atom. The van der Waals surface area contributed by atoms with Crippen LogP contribution in [0.4, 0.5) is 0 Å². The van der Waals surface area contributed by atoms with Crippen LogP contribution in [-0.2, 0) is 9.59 Å². The summed E-state index contributed by atoms with van der Waals surface area (Å²) in [5.74, 6) is -1.87. The molecule has 0 heterocycles. The van der Waals surface area contributed by atoms with Gasteiger partial charge in [0.05, 0.1) is 12.2 Å². The molecule has 0 radical (unpaired) electrons. The Labute approximate surface area is 107 Å². The van der Waals surface area contributed by atoms with E-state index in [0.29, 0.717) is 0 Å². The molecule has 0 aromatic heterocycles. The lowest BCUT2D eigenvalue weighted by Gasteiger charge is -2.03. The van der Waals surface area contributed by atoms with Crippen molar-refractivity contribution in [3.05, 3.63) is 24.3 Å². The molecule has 6 heteroatoms. The molecule has 0 aromatic rings. The first-order valence-electron chi connectivity index (χ1n) is 5.07. The van der Waals surface area contributed by atoms with Crippen LogP contribution in [0.3, 0.4) is 0 Å². The molecule has 0 saturated carbocycles. The molecule has 0 rings (SSSR count). The molecule has 106 valence electrons. The van der Waals surface area contributed by atoms with Gasteiger partial charge in [0, 0.05) is 11.1 Å². The third kappa shape index (κ3) is 23.9. The van der Waals surface area contributed by atoms with Gasteiger partial charge >= 0.3 is 11.9 Å². The number of hydrogen-bond donors (Lipinski definition) is 4. The molecule has 4 N–H and O–H groups in total. The highest BCUT2D eigenvalue weighted by Crippen LogP contribution is 1.85. The number of carboxylic acids is 2. The van der Waals surface area contributed by atoms with Crippen LogP contribution in [0.15, 0.2) is 24.3 Å². The molecule has 0 fully saturated rings. The highest BCUT2D eigenvalue weighted by atomic mass is 16.4. The minimum absolute atomic E-state index is 0.176. The smallest absolute Gasteiger partial charge is 0.330 e. The highest BCUT2D eigenvalue weighted by Gasteiger charge is 1.99. The predicted molar refractivity (Wildman–Crippen MR) is 68.3 cm³/mol. The Morgan fingerprint density at radius 3 is 0.944 bits per heavy atom. The third-order valence-corrected chi connectivity index (χ3v) is 1.43. The van der Waals surface area contributed by atoms with E-state index in [1.54, 1.807) is 13.8 Å². The highest BCUT2D eigenvalue weighted by molar-refractivity contribution is 5.85. The summed E-state index contributed by atoms with van der Waals surface area (Å²) in [5.41, 5.74) is 0.352. The van der Waals surface area contributed by atoms with E-state index in [-0.39, 0.29) is 11.1 Å². The van der Waals surface area contributed by atoms with E-state index in [1.165, 1.54) is 13.8 Å². The van der Waals surface area contributed by atoms with Crippen molar-refractivity contribution in [3.63, 3.8) is 0 Å². The first kappa shape index (κ1) is 21.6. The molecule has 0 aliphatic carbocycles. The summed E-state index contributed by atoms with van der Waals surface area (Å²) in [7, 11) is 0. The Morgan fingerprint density at radius 1 is 0.833 bits per heavy atom. The average Bonchev–Trinajstić information content (AvgIpc) is 2.18. The quantitative estimate of drug-likeness (QED) is 0.565. The molecule has 6 nitrogen and oxygen atoms in total. The van der Waals surface area contributed by atoms with E-state index in [1.807, 2.05) is 0 Å². The van der Waals surface area contributed by atoms with Gasteiger partial charge in [-0.1, -0.05) is 13.2 Å². The SMILES string of the molecule is C=C(C)C(=O)O.C=C(C)C(=O)O.CC(O)C(C)O. The number of aliphatic hydroxyl groups is 2. The zero-order valence-corrected chi connectivity index (χ0v) is 11.2. The molecule has 0 spiro atoms. The molecule has 0 saturated heterocycles. The first-order valence-corrected chi connectivity index (χ1v) is 5.07. The molecule has 0 bridgehead atoms. The van der Waals surface area contributed by atoms with Gasteiger partial charge in [-0.2, -0.15) is 0 Å². The minimum atomic E-state index is -0.935. The van der Waals surface area contributed by atoms with Gasteiger partial charge in [-0.05, 0) is 27.7 Å². The van der Waals surface area contributed by atoms with E-state index in [0.717, 1.165) is 0 Å². The summed E-state index contributed by atoms with van der Waals surface area (Å²) >= 11 is 0. The molecular formula is C12H22O6. The van der Waals surface area contributed by atoms with Gasteiger partial charge in [0.15, 0.2) is 0 Å². The van der Waals surface area contributed by atoms with Crippen LogP contribution in [0.2, 0.25) is 0 Å². The molecule has 0 aliphatic rings. The second kappa shape index (κ2) is 11.8. The van der Waals surface area contributed by atoms with Crippen molar-refractivity contribution in [1.29, 1.82) is 0 Å². The number of rotatable bonds is 3. The molecule has 2 unspecified atom stereocenters. The normalized spacial score (nSPS) is 11.7. The van der Waals surface area contributed by atoms with Crippen LogP contribution >= 0.6 is 0 Å². The second-order valence-electron chi connectivity index (χ2n) is 3.65. The third-order valence-electron chi connectivity index (χ3n) is 1.43. The van der Waals surface area contributed by atoms with E-state index in [2.05, 4.69) is 13.2 Å². The van der Waals surface area contributed by atoms with Crippen molar-refractivity contribution in [2.24, 2.45) is 0 Å². The minimum Gasteiger partial charge on any atom is -0.478 e. The van der Waals surface area contributed by atoms with Crippen LogP contribution in [0, 0.1) is 0 Å². The predicted octanol–water partition coefficient (Wildman–Crippen LogP) is 1.04. The molecule has 18 heavy (non-hydrogen) atoms. The summed E-state index contributed by atoms with van der Waals surface area (Å²) in [5, 5.41) is 32.5. The first-order chi connectivity index (χ1) is 7.93. The van der Waals surface area contributed by atoms with Gasteiger partial charge < -0.3 is 20.4 Å². The van der Waals surface area contributed by atoms with E-state index < -0.39 is 24.1 Å². The van der Waals surface area contributed by atoms with E-state index in [4.69, 9.17) is 20.4 Å². The maximum Gasteiger partial charge on any atom is 0.330 e.